The lowest BCUT2D eigenvalue weighted by Gasteiger charge is -2.20. The summed E-state index contributed by atoms with van der Waals surface area (Å²) in [6.45, 7) is 6.42. The third-order valence-electron chi connectivity index (χ3n) is 5.91. The van der Waals surface area contributed by atoms with Crippen molar-refractivity contribution in [1.82, 2.24) is 10.6 Å². The first-order valence-electron chi connectivity index (χ1n) is 11.2. The van der Waals surface area contributed by atoms with E-state index in [-0.39, 0.29) is 30.1 Å². The number of hydrogen-bond donors (Lipinski definition) is 3. The highest BCUT2D eigenvalue weighted by Crippen LogP contribution is 2.37. The Kier molecular flexibility index (Phi) is 7.71. The van der Waals surface area contributed by atoms with Gasteiger partial charge in [0.2, 0.25) is 17.7 Å². The number of amides is 3. The van der Waals surface area contributed by atoms with E-state index in [1.165, 1.54) is 12.8 Å². The third-order valence-corrected chi connectivity index (χ3v) is 5.91. The molecule has 164 valence electrons. The van der Waals surface area contributed by atoms with Crippen LogP contribution in [-0.4, -0.2) is 43.4 Å². The molecule has 7 heteroatoms. The van der Waals surface area contributed by atoms with Gasteiger partial charge in [-0.1, -0.05) is 26.3 Å². The fraction of sp³-hybridized carbons (Fsp3) is 0.609. The second-order valence-electron chi connectivity index (χ2n) is 8.50. The van der Waals surface area contributed by atoms with E-state index < -0.39 is 6.04 Å². The van der Waals surface area contributed by atoms with Gasteiger partial charge in [-0.15, -0.1) is 0 Å². The van der Waals surface area contributed by atoms with E-state index in [1.54, 1.807) is 0 Å². The van der Waals surface area contributed by atoms with Crippen LogP contribution in [0.3, 0.4) is 0 Å². The van der Waals surface area contributed by atoms with Gasteiger partial charge in [-0.3, -0.25) is 14.4 Å². The van der Waals surface area contributed by atoms with Crippen molar-refractivity contribution >= 4 is 29.1 Å². The highest BCUT2D eigenvalue weighted by molar-refractivity contribution is 5.97. The molecule has 3 amide bonds. The molecule has 3 rings (SSSR count). The lowest BCUT2D eigenvalue weighted by molar-refractivity contribution is -0.127. The number of nitrogens with zero attached hydrogens (tertiary/aromatic N) is 1. The lowest BCUT2D eigenvalue weighted by atomic mass is 10.1. The molecule has 0 aromatic heterocycles. The number of nitrogens with one attached hydrogen (secondary N) is 3. The van der Waals surface area contributed by atoms with Crippen molar-refractivity contribution in [3.63, 3.8) is 0 Å². The van der Waals surface area contributed by atoms with Crippen LogP contribution in [0.25, 0.3) is 0 Å². The lowest BCUT2D eigenvalue weighted by Crippen LogP contribution is -2.44. The standard InChI is InChI=1S/C23H34N4O3/c1-3-7-20(26-21(28)10-11-24-22(29)19-14-16(19)2)23(30)25-17-8-6-9-18(15-17)27-12-4-5-13-27/h6,8-9,15-16,19-20H,3-5,7,10-14H2,1-2H3,(H,24,29)(H,25,30)(H,26,28). The molecule has 2 fully saturated rings. The van der Waals surface area contributed by atoms with Crippen molar-refractivity contribution in [2.75, 3.05) is 29.9 Å². The summed E-state index contributed by atoms with van der Waals surface area (Å²) in [4.78, 5) is 39.2. The largest absolute Gasteiger partial charge is 0.371 e. The molecular weight excluding hydrogens is 380 g/mol. The molecule has 7 nitrogen and oxygen atoms in total. The predicted molar refractivity (Wildman–Crippen MR) is 118 cm³/mol. The first kappa shape index (κ1) is 22.1. The van der Waals surface area contributed by atoms with Gasteiger partial charge in [0, 0.05) is 43.3 Å². The maximum atomic E-state index is 12.8. The van der Waals surface area contributed by atoms with Gasteiger partial charge in [0.25, 0.3) is 0 Å². The Morgan fingerprint density at radius 3 is 2.60 bits per heavy atom. The van der Waals surface area contributed by atoms with E-state index in [4.69, 9.17) is 0 Å². The molecule has 1 aromatic carbocycles. The van der Waals surface area contributed by atoms with Crippen LogP contribution < -0.4 is 20.9 Å². The molecule has 0 bridgehead atoms. The molecule has 1 aromatic rings. The third kappa shape index (κ3) is 6.21. The predicted octanol–water partition coefficient (Wildman–Crippen LogP) is 2.67. The van der Waals surface area contributed by atoms with E-state index in [9.17, 15) is 14.4 Å². The fourth-order valence-electron chi connectivity index (χ4n) is 3.93. The molecule has 3 N–H and O–H groups in total. The zero-order valence-electron chi connectivity index (χ0n) is 18.1. The first-order chi connectivity index (χ1) is 14.5. The SMILES string of the molecule is CCCC(NC(=O)CCNC(=O)C1CC1C)C(=O)Nc1cccc(N2CCCC2)c1. The number of carbonyl (C=O) groups is 3. The number of benzene rings is 1. The van der Waals surface area contributed by atoms with Crippen LogP contribution in [-0.2, 0) is 14.4 Å². The fourth-order valence-corrected chi connectivity index (χ4v) is 3.93. The van der Waals surface area contributed by atoms with Gasteiger partial charge < -0.3 is 20.9 Å². The van der Waals surface area contributed by atoms with E-state index in [1.807, 2.05) is 32.0 Å². The maximum absolute atomic E-state index is 12.8. The van der Waals surface area contributed by atoms with Crippen molar-refractivity contribution in [1.29, 1.82) is 0 Å². The van der Waals surface area contributed by atoms with E-state index >= 15 is 0 Å². The molecule has 1 heterocycles. The van der Waals surface area contributed by atoms with Crippen LogP contribution in [0.4, 0.5) is 11.4 Å². The van der Waals surface area contributed by atoms with Crippen LogP contribution in [0, 0.1) is 11.8 Å². The van der Waals surface area contributed by atoms with Gasteiger partial charge in [0.1, 0.15) is 6.04 Å². The van der Waals surface area contributed by atoms with Gasteiger partial charge in [0.05, 0.1) is 0 Å². The Morgan fingerprint density at radius 1 is 1.20 bits per heavy atom. The smallest absolute Gasteiger partial charge is 0.246 e. The summed E-state index contributed by atoms with van der Waals surface area (Å²) in [5, 5.41) is 8.58. The minimum Gasteiger partial charge on any atom is -0.371 e. The van der Waals surface area contributed by atoms with Crippen LogP contribution >= 0.6 is 0 Å². The highest BCUT2D eigenvalue weighted by Gasteiger charge is 2.38. The summed E-state index contributed by atoms with van der Waals surface area (Å²) in [7, 11) is 0. The second-order valence-corrected chi connectivity index (χ2v) is 8.50. The summed E-state index contributed by atoms with van der Waals surface area (Å²) in [6.07, 6.45) is 4.83. The summed E-state index contributed by atoms with van der Waals surface area (Å²) >= 11 is 0. The minimum absolute atomic E-state index is 0.0241. The van der Waals surface area contributed by atoms with Gasteiger partial charge in [-0.2, -0.15) is 0 Å². The number of carbonyl (C=O) groups excluding carboxylic acids is 3. The average molecular weight is 415 g/mol. The zero-order chi connectivity index (χ0) is 21.5. The number of anilines is 2. The van der Waals surface area contributed by atoms with Crippen LogP contribution in [0.2, 0.25) is 0 Å². The molecule has 0 radical (unpaired) electrons. The van der Waals surface area contributed by atoms with Gasteiger partial charge in [0.15, 0.2) is 0 Å². The Hall–Kier alpha value is -2.57. The number of hydrogen-bond acceptors (Lipinski definition) is 4. The number of rotatable bonds is 10. The van der Waals surface area contributed by atoms with E-state index in [2.05, 4.69) is 26.9 Å². The van der Waals surface area contributed by atoms with Crippen LogP contribution in [0.1, 0.15) is 52.4 Å². The quantitative estimate of drug-likeness (QED) is 0.549. The summed E-state index contributed by atoms with van der Waals surface area (Å²) in [5.41, 5.74) is 1.85. The topological polar surface area (TPSA) is 90.5 Å². The summed E-state index contributed by atoms with van der Waals surface area (Å²) in [6, 6.07) is 7.28. The molecule has 30 heavy (non-hydrogen) atoms. The first-order valence-corrected chi connectivity index (χ1v) is 11.2. The van der Waals surface area contributed by atoms with Crippen molar-refractivity contribution in [2.45, 2.75) is 58.4 Å². The van der Waals surface area contributed by atoms with Crippen molar-refractivity contribution in [2.24, 2.45) is 11.8 Å². The van der Waals surface area contributed by atoms with Crippen molar-refractivity contribution in [3.8, 4) is 0 Å². The van der Waals surface area contributed by atoms with Gasteiger partial charge in [-0.05, 0) is 49.8 Å². The van der Waals surface area contributed by atoms with Crippen LogP contribution in [0.5, 0.6) is 0 Å². The monoisotopic (exact) mass is 414 g/mol. The van der Waals surface area contributed by atoms with Crippen molar-refractivity contribution in [3.05, 3.63) is 24.3 Å². The highest BCUT2D eigenvalue weighted by atomic mass is 16.2. The maximum Gasteiger partial charge on any atom is 0.246 e. The molecule has 0 spiro atoms. The molecule has 1 aliphatic carbocycles. The molecule has 1 saturated heterocycles. The zero-order valence-corrected chi connectivity index (χ0v) is 18.1. The molecular formula is C23H34N4O3. The molecule has 1 aliphatic heterocycles. The summed E-state index contributed by atoms with van der Waals surface area (Å²) < 4.78 is 0. The Bertz CT molecular complexity index is 761. The Labute approximate surface area is 179 Å². The van der Waals surface area contributed by atoms with Gasteiger partial charge in [-0.25, -0.2) is 0 Å². The van der Waals surface area contributed by atoms with Crippen LogP contribution in [0.15, 0.2) is 24.3 Å². The Balaban J connectivity index is 1.48. The van der Waals surface area contributed by atoms with E-state index in [0.717, 1.165) is 37.3 Å². The summed E-state index contributed by atoms with van der Waals surface area (Å²) in [5.74, 6) is 0.137. The molecule has 3 atom stereocenters. The van der Waals surface area contributed by atoms with Crippen molar-refractivity contribution < 1.29 is 14.4 Å². The minimum atomic E-state index is -0.586. The second kappa shape index (κ2) is 10.5. The molecule has 3 unspecified atom stereocenters. The Morgan fingerprint density at radius 2 is 1.93 bits per heavy atom. The van der Waals surface area contributed by atoms with E-state index in [0.29, 0.717) is 18.9 Å². The average Bonchev–Trinajstić information content (AvgIpc) is 3.22. The van der Waals surface area contributed by atoms with Gasteiger partial charge >= 0.3 is 0 Å². The normalized spacial score (nSPS) is 21.1. The molecule has 2 aliphatic rings. The molecule has 1 saturated carbocycles.